The summed E-state index contributed by atoms with van der Waals surface area (Å²) in [4.78, 5) is 22.9. The van der Waals surface area contributed by atoms with Gasteiger partial charge in [0.25, 0.3) is 0 Å². The van der Waals surface area contributed by atoms with Crippen molar-refractivity contribution in [1.82, 2.24) is 0 Å². The fraction of sp³-hybridized carbons (Fsp3) is 0.385. The predicted octanol–water partition coefficient (Wildman–Crippen LogP) is 2.68. The van der Waals surface area contributed by atoms with E-state index in [9.17, 15) is 9.59 Å². The van der Waals surface area contributed by atoms with E-state index >= 15 is 0 Å². The molecular formula is C13H15BrO3. The van der Waals surface area contributed by atoms with E-state index in [2.05, 4.69) is 20.7 Å². The highest BCUT2D eigenvalue weighted by Crippen LogP contribution is 2.19. The molecule has 0 saturated carbocycles. The molecule has 1 rings (SSSR count). The maximum atomic E-state index is 11.5. The number of benzene rings is 1. The van der Waals surface area contributed by atoms with Gasteiger partial charge < -0.3 is 4.74 Å². The lowest BCUT2D eigenvalue weighted by atomic mass is 9.93. The van der Waals surface area contributed by atoms with Crippen LogP contribution in [-0.4, -0.2) is 18.9 Å². The summed E-state index contributed by atoms with van der Waals surface area (Å²) in [6.07, 6.45) is 0.390. The highest BCUT2D eigenvalue weighted by Gasteiger charge is 2.24. The average molecular weight is 299 g/mol. The fourth-order valence-electron chi connectivity index (χ4n) is 1.64. The summed E-state index contributed by atoms with van der Waals surface area (Å²) in [5, 5.41) is 0. The number of Topliss-reactive ketones (excluding diaryl/α,β-unsaturated/α-hetero) is 1. The lowest BCUT2D eigenvalue weighted by Crippen LogP contribution is -2.25. The zero-order valence-corrected chi connectivity index (χ0v) is 11.7. The smallest absolute Gasteiger partial charge is 0.316 e. The highest BCUT2D eigenvalue weighted by molar-refractivity contribution is 9.10. The van der Waals surface area contributed by atoms with Crippen LogP contribution in [0.5, 0.6) is 0 Å². The van der Waals surface area contributed by atoms with Gasteiger partial charge in [-0.25, -0.2) is 0 Å². The Bertz CT molecular complexity index is 440. The Morgan fingerprint density at radius 2 is 2.06 bits per heavy atom. The maximum absolute atomic E-state index is 11.5. The monoisotopic (exact) mass is 298 g/mol. The molecule has 92 valence electrons. The van der Waals surface area contributed by atoms with Gasteiger partial charge >= 0.3 is 5.97 Å². The first kappa shape index (κ1) is 13.9. The number of esters is 1. The van der Waals surface area contributed by atoms with Crippen molar-refractivity contribution in [3.63, 3.8) is 0 Å². The van der Waals surface area contributed by atoms with Crippen LogP contribution in [0.4, 0.5) is 0 Å². The van der Waals surface area contributed by atoms with Crippen LogP contribution in [0.15, 0.2) is 22.7 Å². The number of hydrogen-bond donors (Lipinski definition) is 0. The van der Waals surface area contributed by atoms with Crippen LogP contribution < -0.4 is 0 Å². The molecule has 0 aliphatic heterocycles. The molecule has 0 fully saturated rings. The molecule has 17 heavy (non-hydrogen) atoms. The van der Waals surface area contributed by atoms with Gasteiger partial charge in [-0.05, 0) is 43.5 Å². The van der Waals surface area contributed by atoms with Crippen LogP contribution in [0, 0.1) is 12.8 Å². The molecule has 3 nitrogen and oxygen atoms in total. The zero-order valence-electron chi connectivity index (χ0n) is 10.1. The second-order valence-electron chi connectivity index (χ2n) is 3.96. The Kier molecular flexibility index (Phi) is 4.87. The first-order chi connectivity index (χ1) is 7.95. The van der Waals surface area contributed by atoms with Gasteiger partial charge in [0, 0.05) is 4.47 Å². The molecule has 0 radical (unpaired) electrons. The summed E-state index contributed by atoms with van der Waals surface area (Å²) < 4.78 is 5.62. The number of ether oxygens (including phenoxy) is 1. The minimum Gasteiger partial charge on any atom is -0.468 e. The number of carbonyl (C=O) groups is 2. The van der Waals surface area contributed by atoms with E-state index in [0.29, 0.717) is 6.42 Å². The summed E-state index contributed by atoms with van der Waals surface area (Å²) >= 11 is 3.38. The third-order valence-corrected chi connectivity index (χ3v) is 3.20. The Morgan fingerprint density at radius 3 is 2.53 bits per heavy atom. The van der Waals surface area contributed by atoms with Crippen molar-refractivity contribution in [2.75, 3.05) is 7.11 Å². The molecule has 1 aromatic rings. The Hall–Kier alpha value is -1.16. The third-order valence-electron chi connectivity index (χ3n) is 2.71. The SMILES string of the molecule is COC(=O)C(Cc1ccc(Br)cc1C)C(C)=O. The second-order valence-corrected chi connectivity index (χ2v) is 4.88. The topological polar surface area (TPSA) is 43.4 Å². The molecule has 1 aromatic carbocycles. The van der Waals surface area contributed by atoms with Crippen LogP contribution in [0.1, 0.15) is 18.1 Å². The van der Waals surface area contributed by atoms with Gasteiger partial charge in [0.05, 0.1) is 7.11 Å². The quantitative estimate of drug-likeness (QED) is 0.634. The second kappa shape index (κ2) is 5.96. The lowest BCUT2D eigenvalue weighted by Gasteiger charge is -2.13. The van der Waals surface area contributed by atoms with Crippen LogP contribution >= 0.6 is 15.9 Å². The molecule has 0 aliphatic carbocycles. The summed E-state index contributed by atoms with van der Waals surface area (Å²) in [7, 11) is 1.30. The van der Waals surface area contributed by atoms with Crippen LogP contribution in [-0.2, 0) is 20.7 Å². The molecule has 0 heterocycles. The molecule has 0 spiro atoms. The summed E-state index contributed by atoms with van der Waals surface area (Å²) in [5.74, 6) is -1.35. The normalized spacial score (nSPS) is 12.0. The van der Waals surface area contributed by atoms with Gasteiger partial charge in [-0.15, -0.1) is 0 Å². The molecule has 1 unspecified atom stereocenters. The maximum Gasteiger partial charge on any atom is 0.316 e. The molecule has 0 aromatic heterocycles. The van der Waals surface area contributed by atoms with Crippen molar-refractivity contribution in [1.29, 1.82) is 0 Å². The number of ketones is 1. The number of methoxy groups -OCH3 is 1. The van der Waals surface area contributed by atoms with E-state index in [-0.39, 0.29) is 5.78 Å². The Morgan fingerprint density at radius 1 is 1.41 bits per heavy atom. The number of aryl methyl sites for hydroxylation is 1. The molecule has 4 heteroatoms. The first-order valence-electron chi connectivity index (χ1n) is 5.29. The standard InChI is InChI=1S/C13H15BrO3/c1-8-6-11(14)5-4-10(8)7-12(9(2)15)13(16)17-3/h4-6,12H,7H2,1-3H3. The van der Waals surface area contributed by atoms with Gasteiger partial charge in [-0.1, -0.05) is 22.0 Å². The van der Waals surface area contributed by atoms with Crippen molar-refractivity contribution < 1.29 is 14.3 Å². The van der Waals surface area contributed by atoms with Crippen molar-refractivity contribution in [2.45, 2.75) is 20.3 Å². The van der Waals surface area contributed by atoms with E-state index in [1.54, 1.807) is 0 Å². The van der Waals surface area contributed by atoms with Crippen molar-refractivity contribution in [3.05, 3.63) is 33.8 Å². The van der Waals surface area contributed by atoms with Crippen LogP contribution in [0.2, 0.25) is 0 Å². The minimum atomic E-state index is -0.708. The first-order valence-corrected chi connectivity index (χ1v) is 6.08. The fourth-order valence-corrected chi connectivity index (χ4v) is 2.12. The van der Waals surface area contributed by atoms with Crippen molar-refractivity contribution in [2.24, 2.45) is 5.92 Å². The highest BCUT2D eigenvalue weighted by atomic mass is 79.9. The van der Waals surface area contributed by atoms with Crippen LogP contribution in [0.3, 0.4) is 0 Å². The lowest BCUT2D eigenvalue weighted by molar-refractivity contribution is -0.148. The average Bonchev–Trinajstić information content (AvgIpc) is 2.26. The summed E-state index contributed by atoms with van der Waals surface area (Å²) in [6.45, 7) is 3.37. The molecule has 0 aliphatic rings. The number of halogens is 1. The largest absolute Gasteiger partial charge is 0.468 e. The van der Waals surface area contributed by atoms with E-state index in [0.717, 1.165) is 15.6 Å². The number of rotatable bonds is 4. The Labute approximate surface area is 109 Å². The van der Waals surface area contributed by atoms with Crippen molar-refractivity contribution in [3.8, 4) is 0 Å². The van der Waals surface area contributed by atoms with Gasteiger partial charge in [0.15, 0.2) is 0 Å². The molecule has 0 bridgehead atoms. The van der Waals surface area contributed by atoms with E-state index in [1.165, 1.54) is 14.0 Å². The summed E-state index contributed by atoms with van der Waals surface area (Å²) in [6, 6.07) is 5.78. The van der Waals surface area contributed by atoms with Gasteiger partial charge in [0.2, 0.25) is 0 Å². The van der Waals surface area contributed by atoms with Gasteiger partial charge in [-0.2, -0.15) is 0 Å². The van der Waals surface area contributed by atoms with E-state index < -0.39 is 11.9 Å². The van der Waals surface area contributed by atoms with Gasteiger partial charge in [-0.3, -0.25) is 9.59 Å². The zero-order chi connectivity index (χ0) is 13.0. The van der Waals surface area contributed by atoms with E-state index in [1.807, 2.05) is 25.1 Å². The predicted molar refractivity (Wildman–Crippen MR) is 68.8 cm³/mol. The third kappa shape index (κ3) is 3.66. The van der Waals surface area contributed by atoms with Crippen molar-refractivity contribution >= 4 is 27.7 Å². The van der Waals surface area contributed by atoms with Crippen LogP contribution in [0.25, 0.3) is 0 Å². The number of carbonyl (C=O) groups excluding carboxylic acids is 2. The molecule has 0 saturated heterocycles. The number of hydrogen-bond acceptors (Lipinski definition) is 3. The molecular weight excluding hydrogens is 284 g/mol. The van der Waals surface area contributed by atoms with Gasteiger partial charge in [0.1, 0.15) is 11.7 Å². The summed E-state index contributed by atoms with van der Waals surface area (Å²) in [5.41, 5.74) is 2.04. The molecule has 1 atom stereocenters. The molecule has 0 amide bonds. The Balaban J connectivity index is 2.94. The van der Waals surface area contributed by atoms with E-state index in [4.69, 9.17) is 0 Å². The minimum absolute atomic E-state index is 0.167. The molecule has 0 N–H and O–H groups in total.